The molecule has 1 saturated heterocycles. The molecule has 0 radical (unpaired) electrons. The first-order chi connectivity index (χ1) is 9.94. The van der Waals surface area contributed by atoms with E-state index in [0.29, 0.717) is 18.5 Å². The molecule has 1 aromatic carbocycles. The summed E-state index contributed by atoms with van der Waals surface area (Å²) >= 11 is 0. The van der Waals surface area contributed by atoms with E-state index >= 15 is 0 Å². The lowest BCUT2D eigenvalue weighted by Crippen LogP contribution is -2.52. The standard InChI is InChI=1S/C15H16N2O4/c1-16-8-13(19)17(9-12(16)18)11-4-2-10(3-5-11)15(6-7-15)14(20)21/h2-5H,6-9H2,1H3,(H,20,21). The summed E-state index contributed by atoms with van der Waals surface area (Å²) in [5.41, 5.74) is 0.638. The normalized spacial score (nSPS) is 20.6. The quantitative estimate of drug-likeness (QED) is 0.884. The summed E-state index contributed by atoms with van der Waals surface area (Å²) in [4.78, 5) is 37.8. The Morgan fingerprint density at radius 3 is 2.24 bits per heavy atom. The molecular formula is C15H16N2O4. The Bertz CT molecular complexity index is 619. The van der Waals surface area contributed by atoms with Gasteiger partial charge in [0.25, 0.3) is 0 Å². The Balaban J connectivity index is 1.83. The highest BCUT2D eigenvalue weighted by molar-refractivity contribution is 6.04. The molecule has 21 heavy (non-hydrogen) atoms. The summed E-state index contributed by atoms with van der Waals surface area (Å²) < 4.78 is 0. The number of likely N-dealkylation sites (N-methyl/N-ethyl adjacent to an activating group) is 1. The van der Waals surface area contributed by atoms with Crippen LogP contribution in [0, 0.1) is 0 Å². The molecule has 3 rings (SSSR count). The van der Waals surface area contributed by atoms with Gasteiger partial charge in [0.2, 0.25) is 11.8 Å². The van der Waals surface area contributed by atoms with Crippen molar-refractivity contribution in [2.24, 2.45) is 0 Å². The maximum absolute atomic E-state index is 12.0. The maximum Gasteiger partial charge on any atom is 0.314 e. The summed E-state index contributed by atoms with van der Waals surface area (Å²) in [5, 5.41) is 9.27. The van der Waals surface area contributed by atoms with Crippen molar-refractivity contribution in [1.82, 2.24) is 4.90 Å². The number of nitrogens with zero attached hydrogens (tertiary/aromatic N) is 2. The molecule has 0 aromatic heterocycles. The van der Waals surface area contributed by atoms with Crippen LogP contribution in [-0.4, -0.2) is 47.9 Å². The minimum absolute atomic E-state index is 0.0265. The molecule has 2 aliphatic rings. The second-order valence-corrected chi connectivity index (χ2v) is 5.66. The first-order valence-corrected chi connectivity index (χ1v) is 6.82. The van der Waals surface area contributed by atoms with Crippen LogP contribution >= 0.6 is 0 Å². The van der Waals surface area contributed by atoms with Crippen molar-refractivity contribution in [2.75, 3.05) is 25.0 Å². The van der Waals surface area contributed by atoms with Gasteiger partial charge in [-0.3, -0.25) is 14.4 Å². The molecule has 2 amide bonds. The lowest BCUT2D eigenvalue weighted by molar-refractivity contribution is -0.140. The van der Waals surface area contributed by atoms with Gasteiger partial charge in [0.1, 0.15) is 6.54 Å². The van der Waals surface area contributed by atoms with Crippen molar-refractivity contribution in [3.63, 3.8) is 0 Å². The number of piperazine rings is 1. The molecule has 1 aliphatic heterocycles. The molecule has 0 spiro atoms. The number of carbonyl (C=O) groups excluding carboxylic acids is 2. The van der Waals surface area contributed by atoms with Crippen LogP contribution in [0.3, 0.4) is 0 Å². The van der Waals surface area contributed by atoms with Gasteiger partial charge < -0.3 is 14.9 Å². The molecule has 110 valence electrons. The maximum atomic E-state index is 12.0. The van der Waals surface area contributed by atoms with E-state index < -0.39 is 11.4 Å². The van der Waals surface area contributed by atoms with Gasteiger partial charge in [0.05, 0.1) is 12.0 Å². The first-order valence-electron chi connectivity index (χ1n) is 6.82. The average Bonchev–Trinajstić information content (AvgIpc) is 3.25. The number of aliphatic carboxylic acids is 1. The van der Waals surface area contributed by atoms with Crippen molar-refractivity contribution < 1.29 is 19.5 Å². The van der Waals surface area contributed by atoms with Gasteiger partial charge in [0.15, 0.2) is 0 Å². The summed E-state index contributed by atoms with van der Waals surface area (Å²) in [7, 11) is 1.60. The topological polar surface area (TPSA) is 77.9 Å². The number of hydrogen-bond donors (Lipinski definition) is 1. The number of carbonyl (C=O) groups is 3. The van der Waals surface area contributed by atoms with Gasteiger partial charge in [-0.25, -0.2) is 0 Å². The minimum atomic E-state index is -0.805. The number of amides is 2. The second kappa shape index (κ2) is 4.58. The monoisotopic (exact) mass is 288 g/mol. The Morgan fingerprint density at radius 1 is 1.10 bits per heavy atom. The van der Waals surface area contributed by atoms with Crippen molar-refractivity contribution in [1.29, 1.82) is 0 Å². The van der Waals surface area contributed by atoms with Crippen molar-refractivity contribution in [2.45, 2.75) is 18.3 Å². The fourth-order valence-corrected chi connectivity index (χ4v) is 2.67. The molecule has 1 saturated carbocycles. The van der Waals surface area contributed by atoms with Crippen LogP contribution in [0.2, 0.25) is 0 Å². The molecular weight excluding hydrogens is 272 g/mol. The number of anilines is 1. The zero-order valence-electron chi connectivity index (χ0n) is 11.7. The van der Waals surface area contributed by atoms with Crippen LogP contribution in [0.4, 0.5) is 5.69 Å². The molecule has 1 N–H and O–H groups in total. The molecule has 6 nitrogen and oxygen atoms in total. The average molecular weight is 288 g/mol. The van der Waals surface area contributed by atoms with Crippen LogP contribution in [-0.2, 0) is 19.8 Å². The third kappa shape index (κ3) is 2.16. The number of benzene rings is 1. The van der Waals surface area contributed by atoms with Gasteiger partial charge in [0, 0.05) is 12.7 Å². The number of carboxylic acid groups (broad SMARTS) is 1. The zero-order chi connectivity index (χ0) is 15.2. The molecule has 1 aromatic rings. The van der Waals surface area contributed by atoms with E-state index in [1.165, 1.54) is 9.80 Å². The fraction of sp³-hybridized carbons (Fsp3) is 0.400. The zero-order valence-corrected chi connectivity index (χ0v) is 11.7. The summed E-state index contributed by atoms with van der Waals surface area (Å²) in [5.74, 6) is -1.05. The van der Waals surface area contributed by atoms with E-state index in [1.54, 1.807) is 31.3 Å². The second-order valence-electron chi connectivity index (χ2n) is 5.66. The molecule has 0 unspecified atom stereocenters. The van der Waals surface area contributed by atoms with E-state index in [9.17, 15) is 19.5 Å². The summed E-state index contributed by atoms with van der Waals surface area (Å²) in [6.07, 6.45) is 1.29. The van der Waals surface area contributed by atoms with Gasteiger partial charge in [-0.05, 0) is 30.5 Å². The predicted octanol–water partition coefficient (Wildman–Crippen LogP) is 0.608. The molecule has 1 aliphatic carbocycles. The van der Waals surface area contributed by atoms with E-state index in [0.717, 1.165) is 5.56 Å². The molecule has 0 atom stereocenters. The lowest BCUT2D eigenvalue weighted by atomic mass is 9.96. The van der Waals surface area contributed by atoms with Gasteiger partial charge in [-0.2, -0.15) is 0 Å². The number of carboxylic acids is 1. The third-order valence-corrected chi connectivity index (χ3v) is 4.28. The molecule has 2 fully saturated rings. The number of rotatable bonds is 3. The SMILES string of the molecule is CN1CC(=O)N(c2ccc(C3(C(=O)O)CC3)cc2)CC1=O. The van der Waals surface area contributed by atoms with E-state index in [-0.39, 0.29) is 24.9 Å². The third-order valence-electron chi connectivity index (χ3n) is 4.28. The van der Waals surface area contributed by atoms with Crippen molar-refractivity contribution in [3.05, 3.63) is 29.8 Å². The predicted molar refractivity (Wildman–Crippen MR) is 75.0 cm³/mol. The Hall–Kier alpha value is -2.37. The van der Waals surface area contributed by atoms with Gasteiger partial charge >= 0.3 is 5.97 Å². The van der Waals surface area contributed by atoms with E-state index in [1.807, 2.05) is 0 Å². The van der Waals surface area contributed by atoms with Crippen LogP contribution in [0.5, 0.6) is 0 Å². The summed E-state index contributed by atoms with van der Waals surface area (Å²) in [6, 6.07) is 6.92. The largest absolute Gasteiger partial charge is 0.481 e. The van der Waals surface area contributed by atoms with Crippen LogP contribution in [0.25, 0.3) is 0 Å². The highest BCUT2D eigenvalue weighted by Gasteiger charge is 2.51. The Morgan fingerprint density at radius 2 is 1.71 bits per heavy atom. The van der Waals surface area contributed by atoms with Crippen LogP contribution in [0.15, 0.2) is 24.3 Å². The number of hydrogen-bond acceptors (Lipinski definition) is 3. The highest BCUT2D eigenvalue weighted by atomic mass is 16.4. The van der Waals surface area contributed by atoms with Crippen LogP contribution < -0.4 is 4.90 Å². The van der Waals surface area contributed by atoms with Gasteiger partial charge in [-0.15, -0.1) is 0 Å². The van der Waals surface area contributed by atoms with Gasteiger partial charge in [-0.1, -0.05) is 12.1 Å². The minimum Gasteiger partial charge on any atom is -0.481 e. The lowest BCUT2D eigenvalue weighted by Gasteiger charge is -2.31. The van der Waals surface area contributed by atoms with Crippen molar-refractivity contribution in [3.8, 4) is 0 Å². The van der Waals surface area contributed by atoms with Crippen molar-refractivity contribution >= 4 is 23.5 Å². The fourth-order valence-electron chi connectivity index (χ4n) is 2.67. The van der Waals surface area contributed by atoms with E-state index in [2.05, 4.69) is 0 Å². The van der Waals surface area contributed by atoms with Crippen LogP contribution in [0.1, 0.15) is 18.4 Å². The first kappa shape index (κ1) is 13.6. The summed E-state index contributed by atoms with van der Waals surface area (Å²) in [6.45, 7) is 0.0956. The Labute approximate surface area is 122 Å². The highest BCUT2D eigenvalue weighted by Crippen LogP contribution is 2.48. The molecule has 6 heteroatoms. The van der Waals surface area contributed by atoms with E-state index in [4.69, 9.17) is 0 Å². The smallest absolute Gasteiger partial charge is 0.314 e. The molecule has 1 heterocycles. The molecule has 0 bridgehead atoms. The Kier molecular flexibility index (Phi) is 2.97.